The highest BCUT2D eigenvalue weighted by atomic mass is 35.5. The highest BCUT2D eigenvalue weighted by Gasteiger charge is 2.27. The maximum Gasteiger partial charge on any atom is 0.251 e. The van der Waals surface area contributed by atoms with Crippen LogP contribution in [0.3, 0.4) is 0 Å². The number of aryl methyl sites for hydroxylation is 3. The van der Waals surface area contributed by atoms with Gasteiger partial charge in [-0.05, 0) is 42.8 Å². The van der Waals surface area contributed by atoms with E-state index >= 15 is 0 Å². The van der Waals surface area contributed by atoms with E-state index < -0.39 is 0 Å². The Bertz CT molecular complexity index is 1080. The molecular weight excluding hydrogens is 374 g/mol. The predicted molar refractivity (Wildman–Crippen MR) is 112 cm³/mol. The second-order valence-corrected chi connectivity index (χ2v) is 6.94. The summed E-state index contributed by atoms with van der Waals surface area (Å²) in [4.78, 5) is 13.4. The van der Waals surface area contributed by atoms with Gasteiger partial charge in [-0.1, -0.05) is 23.7 Å². The third-order valence-corrected chi connectivity index (χ3v) is 4.86. The molecule has 0 unspecified atom stereocenters. The van der Waals surface area contributed by atoms with Crippen LogP contribution in [0.1, 0.15) is 11.3 Å². The van der Waals surface area contributed by atoms with Gasteiger partial charge >= 0.3 is 0 Å². The summed E-state index contributed by atoms with van der Waals surface area (Å²) in [6.45, 7) is 0. The Labute approximate surface area is 168 Å². The number of aromatic nitrogens is 4. The first-order valence-electron chi connectivity index (χ1n) is 8.93. The third-order valence-electron chi connectivity index (χ3n) is 4.61. The Morgan fingerprint density at radius 1 is 1.29 bits per heavy atom. The van der Waals surface area contributed by atoms with Gasteiger partial charge in [0.1, 0.15) is 5.84 Å². The summed E-state index contributed by atoms with van der Waals surface area (Å²) in [5, 5.41) is 8.30. The number of rotatable bonds is 4. The Hall–Kier alpha value is -3.19. The maximum absolute atomic E-state index is 6.06. The molecule has 0 spiro atoms. The minimum Gasteiger partial charge on any atom is -0.394 e. The number of hydrogen-bond acceptors (Lipinski definition) is 5. The van der Waals surface area contributed by atoms with Crippen molar-refractivity contribution >= 4 is 23.4 Å². The fourth-order valence-electron chi connectivity index (χ4n) is 3.37. The van der Waals surface area contributed by atoms with Crippen LogP contribution < -0.4 is 11.1 Å². The lowest BCUT2D eigenvalue weighted by atomic mass is 9.91. The average molecular weight is 394 g/mol. The van der Waals surface area contributed by atoms with Crippen molar-refractivity contribution < 1.29 is 0 Å². The van der Waals surface area contributed by atoms with Gasteiger partial charge in [-0.3, -0.25) is 4.68 Å². The third kappa shape index (κ3) is 3.36. The highest BCUT2D eigenvalue weighted by molar-refractivity contribution is 6.30. The van der Waals surface area contributed by atoms with Gasteiger partial charge in [-0.2, -0.15) is 10.1 Å². The van der Waals surface area contributed by atoms with Crippen LogP contribution in [0.15, 0.2) is 47.7 Å². The molecule has 2 aromatic heterocycles. The molecule has 0 saturated heterocycles. The van der Waals surface area contributed by atoms with Crippen molar-refractivity contribution in [3.05, 3.63) is 59.0 Å². The molecule has 3 N–H and O–H groups in total. The zero-order chi connectivity index (χ0) is 19.7. The fraction of sp³-hybridized carbons (Fsp3) is 0.200. The largest absolute Gasteiger partial charge is 0.394 e. The molecule has 1 aromatic carbocycles. The van der Waals surface area contributed by atoms with E-state index in [4.69, 9.17) is 27.4 Å². The van der Waals surface area contributed by atoms with Crippen molar-refractivity contribution in [3.8, 4) is 22.5 Å². The Balaban J connectivity index is 1.84. The number of amidine groups is 1. The minimum atomic E-state index is 0.328. The van der Waals surface area contributed by atoms with E-state index in [0.717, 1.165) is 46.6 Å². The van der Waals surface area contributed by atoms with Gasteiger partial charge in [-0.25, -0.2) is 9.97 Å². The van der Waals surface area contributed by atoms with Gasteiger partial charge in [0.2, 0.25) is 0 Å². The summed E-state index contributed by atoms with van der Waals surface area (Å²) < 4.78 is 1.90. The quantitative estimate of drug-likeness (QED) is 0.525. The van der Waals surface area contributed by atoms with Gasteiger partial charge in [0.15, 0.2) is 0 Å². The van der Waals surface area contributed by atoms with Gasteiger partial charge in [0.05, 0.1) is 17.1 Å². The lowest BCUT2D eigenvalue weighted by Crippen LogP contribution is -2.10. The Kier molecular flexibility index (Phi) is 4.83. The first-order chi connectivity index (χ1) is 13.6. The van der Waals surface area contributed by atoms with Crippen LogP contribution in [0, 0.1) is 0 Å². The fourth-order valence-corrected chi connectivity index (χ4v) is 3.49. The van der Waals surface area contributed by atoms with Crippen molar-refractivity contribution in [3.63, 3.8) is 0 Å². The second-order valence-electron chi connectivity index (χ2n) is 6.50. The lowest BCUT2D eigenvalue weighted by molar-refractivity contribution is 0.741. The molecule has 7 nitrogen and oxygen atoms in total. The summed E-state index contributed by atoms with van der Waals surface area (Å²) in [6, 6.07) is 7.75. The van der Waals surface area contributed by atoms with Crippen LogP contribution in [0.5, 0.6) is 0 Å². The average Bonchev–Trinajstić information content (AvgIpc) is 3.03. The first kappa shape index (κ1) is 18.2. The van der Waals surface area contributed by atoms with E-state index in [1.165, 1.54) is 0 Å². The number of nitrogens with zero attached hydrogens (tertiary/aromatic N) is 5. The highest BCUT2D eigenvalue weighted by Crippen LogP contribution is 2.39. The molecule has 1 aliphatic carbocycles. The van der Waals surface area contributed by atoms with Crippen LogP contribution in [-0.2, 0) is 19.9 Å². The van der Waals surface area contributed by atoms with E-state index in [2.05, 4.69) is 15.3 Å². The van der Waals surface area contributed by atoms with Crippen molar-refractivity contribution in [2.45, 2.75) is 12.8 Å². The molecule has 28 heavy (non-hydrogen) atoms. The molecule has 3 aromatic rings. The molecule has 1 aliphatic rings. The van der Waals surface area contributed by atoms with Gasteiger partial charge in [0, 0.05) is 36.4 Å². The number of fused-ring (bicyclic) bond motifs is 3. The molecule has 0 saturated carbocycles. The zero-order valence-corrected chi connectivity index (χ0v) is 16.4. The van der Waals surface area contributed by atoms with Crippen molar-refractivity contribution in [2.75, 3.05) is 7.05 Å². The van der Waals surface area contributed by atoms with Crippen molar-refractivity contribution in [1.82, 2.24) is 25.1 Å². The molecule has 0 amide bonds. The summed E-state index contributed by atoms with van der Waals surface area (Å²) in [7, 11) is 3.74. The molecule has 2 heterocycles. The number of benzene rings is 1. The van der Waals surface area contributed by atoms with Crippen LogP contribution >= 0.6 is 11.6 Å². The molecule has 4 rings (SSSR count). The molecule has 0 radical (unpaired) electrons. The number of nitrogens with two attached hydrogens (primary N) is 1. The van der Waals surface area contributed by atoms with Gasteiger partial charge in [-0.15, -0.1) is 0 Å². The normalized spacial score (nSPS) is 13.5. The second kappa shape index (κ2) is 7.44. The number of aliphatic imine (C=N–C) groups is 1. The summed E-state index contributed by atoms with van der Waals surface area (Å²) in [5.74, 6) is 0.658. The number of nitrogens with one attached hydrogen (secondary N) is 1. The van der Waals surface area contributed by atoms with E-state index in [1.54, 1.807) is 19.3 Å². The van der Waals surface area contributed by atoms with Gasteiger partial charge < -0.3 is 11.1 Å². The van der Waals surface area contributed by atoms with E-state index in [-0.39, 0.29) is 0 Å². The first-order valence-corrected chi connectivity index (χ1v) is 9.30. The van der Waals surface area contributed by atoms with Crippen LogP contribution in [0.25, 0.3) is 22.5 Å². The van der Waals surface area contributed by atoms with E-state index in [1.807, 2.05) is 42.2 Å². The number of halogens is 1. The lowest BCUT2D eigenvalue weighted by Gasteiger charge is -2.16. The predicted octanol–water partition coefficient (Wildman–Crippen LogP) is 3.02. The molecule has 8 heteroatoms. The molecule has 0 atom stereocenters. The van der Waals surface area contributed by atoms with Crippen LogP contribution in [0.4, 0.5) is 5.95 Å². The van der Waals surface area contributed by atoms with E-state index in [0.29, 0.717) is 16.8 Å². The molecule has 0 fully saturated rings. The summed E-state index contributed by atoms with van der Waals surface area (Å²) in [6.07, 6.45) is 6.89. The molecular formula is C20H20ClN7. The van der Waals surface area contributed by atoms with Crippen molar-refractivity contribution in [2.24, 2.45) is 17.8 Å². The van der Waals surface area contributed by atoms with E-state index in [9.17, 15) is 0 Å². The Morgan fingerprint density at radius 2 is 2.07 bits per heavy atom. The van der Waals surface area contributed by atoms with Crippen LogP contribution in [0.2, 0.25) is 5.02 Å². The summed E-state index contributed by atoms with van der Waals surface area (Å²) >= 11 is 6.06. The SMILES string of the molecule is CN/C=C\C(N)=Nc1ncc2c(n1)-c1c(nn(C)c1-c1ccc(Cl)cc1)CC2. The minimum absolute atomic E-state index is 0.328. The standard InChI is InChI=1S/C20H20ClN7/c1-23-10-9-16(22)25-20-24-11-13-5-8-15-17(18(13)26-20)19(28(2)27-15)12-3-6-14(21)7-4-12/h3-4,6-7,9-11,23H,5,8H2,1-2H3,(H2,22,24,25,26)/b10-9-. The van der Waals surface area contributed by atoms with Crippen molar-refractivity contribution in [1.29, 1.82) is 0 Å². The monoisotopic (exact) mass is 393 g/mol. The zero-order valence-electron chi connectivity index (χ0n) is 15.6. The summed E-state index contributed by atoms with van der Waals surface area (Å²) in [5.41, 5.74) is 11.9. The molecule has 0 bridgehead atoms. The van der Waals surface area contributed by atoms with Crippen LogP contribution in [-0.4, -0.2) is 32.6 Å². The van der Waals surface area contributed by atoms with Gasteiger partial charge in [0.25, 0.3) is 5.95 Å². The molecule has 0 aliphatic heterocycles. The molecule has 142 valence electrons. The smallest absolute Gasteiger partial charge is 0.251 e. The maximum atomic E-state index is 6.06. The number of hydrogen-bond donors (Lipinski definition) is 2. The Morgan fingerprint density at radius 3 is 2.82 bits per heavy atom. The topological polar surface area (TPSA) is 94.0 Å².